The first-order valence-electron chi connectivity index (χ1n) is 13.6. The van der Waals surface area contributed by atoms with Gasteiger partial charge in [0.05, 0.1) is 52.9 Å². The van der Waals surface area contributed by atoms with E-state index in [0.29, 0.717) is 90.4 Å². The van der Waals surface area contributed by atoms with Gasteiger partial charge < -0.3 is 31.9 Å². The lowest BCUT2D eigenvalue weighted by atomic mass is 10.1. The third-order valence-electron chi connectivity index (χ3n) is 4.82. The molecule has 0 aliphatic rings. The minimum Gasteiger partial charge on any atom is -0.437 e. The molecule has 0 heterocycles. The average Bonchev–Trinajstić information content (AvgIpc) is 2.72. The van der Waals surface area contributed by atoms with Gasteiger partial charge in [-0.05, 0) is 76.7 Å². The van der Waals surface area contributed by atoms with Gasteiger partial charge >= 0.3 is 8.56 Å². The molecule has 0 amide bonds. The van der Waals surface area contributed by atoms with E-state index in [-0.39, 0.29) is 5.78 Å². The lowest BCUT2D eigenvalue weighted by Crippen LogP contribution is -2.53. The molecule has 0 rings (SSSR count). The summed E-state index contributed by atoms with van der Waals surface area (Å²) in [5, 5.41) is 0. The molecule has 0 aliphatic heterocycles. The monoisotopic (exact) mass is 580 g/mol. The van der Waals surface area contributed by atoms with Crippen LogP contribution in [-0.2, 0) is 36.7 Å². The summed E-state index contributed by atoms with van der Waals surface area (Å²) in [5.41, 5.74) is 0.601. The van der Waals surface area contributed by atoms with E-state index in [0.717, 1.165) is 6.04 Å². The number of hydrogen-bond donors (Lipinski definition) is 0. The Morgan fingerprint density at radius 2 is 1.05 bits per heavy atom. The summed E-state index contributed by atoms with van der Waals surface area (Å²) in [6.07, 6.45) is 1.20. The third-order valence-corrected chi connectivity index (χ3v) is 14.6. The fourth-order valence-corrected chi connectivity index (χ4v) is 16.8. The maximum atomic E-state index is 11.4. The molecular weight excluding hydrogens is 525 g/mol. The maximum Gasteiger partial charge on any atom is 0.314 e. The second-order valence-electron chi connectivity index (χ2n) is 11.7. The summed E-state index contributed by atoms with van der Waals surface area (Å²) in [5.74, 6) is 0.475. The van der Waals surface area contributed by atoms with Crippen LogP contribution in [0, 0.1) is 5.92 Å². The largest absolute Gasteiger partial charge is 0.437 e. The predicted octanol–water partition coefficient (Wildman–Crippen LogP) is 5.41. The highest BCUT2D eigenvalue weighted by Crippen LogP contribution is 2.27. The van der Waals surface area contributed by atoms with Crippen LogP contribution in [0.15, 0.2) is 12.2 Å². The highest BCUT2D eigenvalue weighted by atomic mass is 28.5. The molecule has 0 fully saturated rings. The molecule has 37 heavy (non-hydrogen) atoms. The van der Waals surface area contributed by atoms with Crippen LogP contribution in [0.4, 0.5) is 0 Å². The lowest BCUT2D eigenvalue weighted by Gasteiger charge is -2.39. The molecule has 8 nitrogen and oxygen atoms in total. The van der Waals surface area contributed by atoms with Gasteiger partial charge in [-0.25, -0.2) is 0 Å². The van der Waals surface area contributed by atoms with E-state index in [1.165, 1.54) is 0 Å². The van der Waals surface area contributed by atoms with Gasteiger partial charge in [-0.1, -0.05) is 13.5 Å². The SMILES string of the molecule is C=C(C)C(=O)CCCOCCOCCOCCOCCOCC(C)C[Si](C)(O[Si](C)(C)C)O[Si](C)(C)C. The van der Waals surface area contributed by atoms with Crippen LogP contribution in [0.25, 0.3) is 0 Å². The predicted molar refractivity (Wildman–Crippen MR) is 158 cm³/mol. The molecule has 0 aromatic rings. The van der Waals surface area contributed by atoms with Gasteiger partial charge in [0.1, 0.15) is 0 Å². The molecule has 0 aliphatic carbocycles. The first-order chi connectivity index (χ1) is 17.1. The van der Waals surface area contributed by atoms with Crippen molar-refractivity contribution in [3.05, 3.63) is 12.2 Å². The summed E-state index contributed by atoms with van der Waals surface area (Å²) in [7, 11) is -5.60. The van der Waals surface area contributed by atoms with Gasteiger partial charge in [0, 0.05) is 19.6 Å². The molecule has 0 saturated heterocycles. The highest BCUT2D eigenvalue weighted by Gasteiger charge is 2.41. The number of carbonyl (C=O) groups excluding carboxylic acids is 1. The molecule has 0 aromatic heterocycles. The van der Waals surface area contributed by atoms with E-state index in [1.807, 2.05) is 0 Å². The molecule has 0 spiro atoms. The highest BCUT2D eigenvalue weighted by molar-refractivity contribution is 6.87. The summed E-state index contributed by atoms with van der Waals surface area (Å²) >= 11 is 0. The molecule has 0 bridgehead atoms. The molecular formula is C26H56O8Si3. The fourth-order valence-electron chi connectivity index (χ4n) is 3.80. The minimum absolute atomic E-state index is 0.0964. The van der Waals surface area contributed by atoms with Crippen molar-refractivity contribution in [2.75, 3.05) is 66.1 Å². The van der Waals surface area contributed by atoms with E-state index in [2.05, 4.69) is 59.3 Å². The number of rotatable bonds is 25. The third kappa shape index (κ3) is 24.6. The number of ketones is 1. The smallest absolute Gasteiger partial charge is 0.314 e. The number of allylic oxidation sites excluding steroid dienone is 1. The first kappa shape index (κ1) is 36.8. The average molecular weight is 581 g/mol. The van der Waals surface area contributed by atoms with E-state index in [9.17, 15) is 4.79 Å². The van der Waals surface area contributed by atoms with Crippen LogP contribution in [0.1, 0.15) is 26.7 Å². The summed E-state index contributed by atoms with van der Waals surface area (Å²) < 4.78 is 41.0. The van der Waals surface area contributed by atoms with Crippen molar-refractivity contribution in [2.45, 2.75) is 78.6 Å². The summed E-state index contributed by atoms with van der Waals surface area (Å²) in [4.78, 5) is 11.4. The van der Waals surface area contributed by atoms with Crippen molar-refractivity contribution >= 4 is 31.0 Å². The first-order valence-corrected chi connectivity index (χ1v) is 23.0. The van der Waals surface area contributed by atoms with Crippen LogP contribution in [0.5, 0.6) is 0 Å². The minimum atomic E-state index is -2.24. The number of carbonyl (C=O) groups is 1. The molecule has 0 saturated carbocycles. The van der Waals surface area contributed by atoms with Crippen LogP contribution in [0.2, 0.25) is 51.9 Å². The standard InChI is InChI=1S/C26H56O8Si3/c1-24(2)26(27)12-11-13-28-14-15-29-16-17-30-18-19-31-20-21-32-22-25(3)23-37(10,33-35(4,5)6)34-36(7,8)9/h25H,1,11-23H2,2-10H3. The van der Waals surface area contributed by atoms with E-state index in [4.69, 9.17) is 31.9 Å². The van der Waals surface area contributed by atoms with Gasteiger partial charge in [0.15, 0.2) is 22.4 Å². The lowest BCUT2D eigenvalue weighted by molar-refractivity contribution is -0.115. The fraction of sp³-hybridized carbons (Fsp3) is 0.885. The van der Waals surface area contributed by atoms with Crippen molar-refractivity contribution in [1.82, 2.24) is 0 Å². The van der Waals surface area contributed by atoms with Crippen LogP contribution in [0.3, 0.4) is 0 Å². The molecule has 0 aromatic carbocycles. The second-order valence-corrected chi connectivity index (χ2v) is 24.5. The molecule has 11 heteroatoms. The zero-order valence-corrected chi connectivity index (χ0v) is 28.2. The molecule has 220 valence electrons. The quantitative estimate of drug-likeness (QED) is 0.0806. The Hall–Kier alpha value is -0.219. The van der Waals surface area contributed by atoms with Crippen molar-refractivity contribution < 1.29 is 36.7 Å². The van der Waals surface area contributed by atoms with Crippen molar-refractivity contribution in [3.63, 3.8) is 0 Å². The zero-order chi connectivity index (χ0) is 28.4. The number of Topliss-reactive ketones (excluding diaryl/α,β-unsaturated/α-hetero) is 1. The Kier molecular flexibility index (Phi) is 19.7. The van der Waals surface area contributed by atoms with Gasteiger partial charge in [0.2, 0.25) is 0 Å². The maximum absolute atomic E-state index is 11.4. The van der Waals surface area contributed by atoms with E-state index < -0.39 is 25.2 Å². The summed E-state index contributed by atoms with van der Waals surface area (Å²) in [6.45, 7) is 28.7. The van der Waals surface area contributed by atoms with Crippen LogP contribution in [-0.4, -0.2) is 97.0 Å². The Morgan fingerprint density at radius 3 is 1.43 bits per heavy atom. The van der Waals surface area contributed by atoms with Crippen molar-refractivity contribution in [2.24, 2.45) is 5.92 Å². The molecule has 1 unspecified atom stereocenters. The number of hydrogen-bond acceptors (Lipinski definition) is 8. The van der Waals surface area contributed by atoms with E-state index in [1.54, 1.807) is 6.92 Å². The Morgan fingerprint density at radius 1 is 0.676 bits per heavy atom. The van der Waals surface area contributed by atoms with Crippen LogP contribution >= 0.6 is 0 Å². The normalized spacial score (nSPS) is 13.6. The van der Waals surface area contributed by atoms with Crippen molar-refractivity contribution in [3.8, 4) is 0 Å². The Bertz CT molecular complexity index is 604. The topological polar surface area (TPSA) is 81.7 Å². The Labute approximate surface area is 230 Å². The van der Waals surface area contributed by atoms with E-state index >= 15 is 0 Å². The van der Waals surface area contributed by atoms with Gasteiger partial charge in [-0.3, -0.25) is 4.79 Å². The molecule has 0 radical (unpaired) electrons. The van der Waals surface area contributed by atoms with Gasteiger partial charge in [0.25, 0.3) is 0 Å². The van der Waals surface area contributed by atoms with Gasteiger partial charge in [-0.2, -0.15) is 0 Å². The number of ether oxygens (including phenoxy) is 5. The second kappa shape index (κ2) is 19.8. The Balaban J connectivity index is 3.68. The zero-order valence-electron chi connectivity index (χ0n) is 25.2. The molecule has 1 atom stereocenters. The van der Waals surface area contributed by atoms with Crippen molar-refractivity contribution in [1.29, 1.82) is 0 Å². The summed E-state index contributed by atoms with van der Waals surface area (Å²) in [6, 6.07) is 0.945. The van der Waals surface area contributed by atoms with Gasteiger partial charge in [-0.15, -0.1) is 0 Å². The van der Waals surface area contributed by atoms with Crippen LogP contribution < -0.4 is 0 Å². The molecule has 0 N–H and O–H groups in total.